The molecule has 0 bridgehead atoms. The second-order valence-electron chi connectivity index (χ2n) is 3.78. The van der Waals surface area contributed by atoms with Gasteiger partial charge in [-0.2, -0.15) is 0 Å². The van der Waals surface area contributed by atoms with Gasteiger partial charge in [-0.25, -0.2) is 0 Å². The summed E-state index contributed by atoms with van der Waals surface area (Å²) in [6, 6.07) is 6.34. The van der Waals surface area contributed by atoms with Gasteiger partial charge in [0, 0.05) is 27.7 Å². The standard InChI is InChI=1S/C12H14N2OS2/c1-8(11-3-2-4-16-11)14-6-10-5-9(7-17-10)12(13)15/h2-5,7-8,14H,6H2,1H3,(H2,13,15). The molecule has 1 unspecified atom stereocenters. The van der Waals surface area contributed by atoms with Crippen LogP contribution in [-0.4, -0.2) is 5.91 Å². The molecule has 0 fully saturated rings. The van der Waals surface area contributed by atoms with Gasteiger partial charge >= 0.3 is 0 Å². The Hall–Kier alpha value is -1.17. The van der Waals surface area contributed by atoms with Gasteiger partial charge < -0.3 is 11.1 Å². The maximum absolute atomic E-state index is 10.9. The van der Waals surface area contributed by atoms with Crippen LogP contribution in [0.4, 0.5) is 0 Å². The van der Waals surface area contributed by atoms with E-state index in [1.165, 1.54) is 4.88 Å². The summed E-state index contributed by atoms with van der Waals surface area (Å²) in [4.78, 5) is 13.4. The topological polar surface area (TPSA) is 55.1 Å². The number of rotatable bonds is 5. The fourth-order valence-corrected chi connectivity index (χ4v) is 3.08. The second-order valence-corrected chi connectivity index (χ2v) is 5.76. The molecule has 2 aromatic rings. The zero-order chi connectivity index (χ0) is 12.3. The van der Waals surface area contributed by atoms with Crippen LogP contribution in [0.3, 0.4) is 0 Å². The third-order valence-corrected chi connectivity index (χ3v) is 4.48. The predicted octanol–water partition coefficient (Wildman–Crippen LogP) is 2.76. The molecule has 1 atom stereocenters. The zero-order valence-electron chi connectivity index (χ0n) is 9.47. The van der Waals surface area contributed by atoms with E-state index in [0.29, 0.717) is 11.6 Å². The van der Waals surface area contributed by atoms with E-state index >= 15 is 0 Å². The molecule has 3 nitrogen and oxygen atoms in total. The SMILES string of the molecule is CC(NCc1cc(C(N)=O)cs1)c1cccs1. The number of carbonyl (C=O) groups excluding carboxylic acids is 1. The molecular weight excluding hydrogens is 252 g/mol. The molecule has 0 aliphatic carbocycles. The Morgan fingerprint density at radius 2 is 2.35 bits per heavy atom. The van der Waals surface area contributed by atoms with E-state index in [2.05, 4.69) is 29.8 Å². The first-order chi connectivity index (χ1) is 8.16. The lowest BCUT2D eigenvalue weighted by Crippen LogP contribution is -2.16. The summed E-state index contributed by atoms with van der Waals surface area (Å²) < 4.78 is 0. The van der Waals surface area contributed by atoms with E-state index in [-0.39, 0.29) is 5.91 Å². The average molecular weight is 266 g/mol. The first-order valence-electron chi connectivity index (χ1n) is 5.31. The molecule has 2 aromatic heterocycles. The predicted molar refractivity (Wildman–Crippen MR) is 72.4 cm³/mol. The Bertz CT molecular complexity index is 490. The zero-order valence-corrected chi connectivity index (χ0v) is 11.1. The molecule has 3 N–H and O–H groups in total. The highest BCUT2D eigenvalue weighted by molar-refractivity contribution is 7.10. The van der Waals surface area contributed by atoms with E-state index < -0.39 is 0 Å². The van der Waals surface area contributed by atoms with Crippen molar-refractivity contribution in [2.75, 3.05) is 0 Å². The highest BCUT2D eigenvalue weighted by atomic mass is 32.1. The Balaban J connectivity index is 1.91. The summed E-state index contributed by atoms with van der Waals surface area (Å²) in [5, 5.41) is 7.30. The van der Waals surface area contributed by atoms with Crippen LogP contribution in [-0.2, 0) is 6.54 Å². The number of hydrogen-bond donors (Lipinski definition) is 2. The lowest BCUT2D eigenvalue weighted by atomic mass is 10.2. The van der Waals surface area contributed by atoms with Crippen LogP contribution in [0.1, 0.15) is 33.1 Å². The van der Waals surface area contributed by atoms with Gasteiger partial charge in [-0.1, -0.05) is 6.07 Å². The summed E-state index contributed by atoms with van der Waals surface area (Å²) in [6.45, 7) is 2.89. The van der Waals surface area contributed by atoms with Crippen molar-refractivity contribution in [3.8, 4) is 0 Å². The van der Waals surface area contributed by atoms with Gasteiger partial charge in [-0.05, 0) is 24.4 Å². The van der Waals surface area contributed by atoms with Gasteiger partial charge in [0.25, 0.3) is 0 Å². The number of primary amides is 1. The molecule has 0 spiro atoms. The molecule has 90 valence electrons. The first kappa shape index (κ1) is 12.3. The molecule has 17 heavy (non-hydrogen) atoms. The van der Waals surface area contributed by atoms with E-state index in [4.69, 9.17) is 5.73 Å². The lowest BCUT2D eigenvalue weighted by molar-refractivity contribution is 0.100. The van der Waals surface area contributed by atoms with Gasteiger partial charge in [-0.3, -0.25) is 4.79 Å². The highest BCUT2D eigenvalue weighted by Crippen LogP contribution is 2.20. The fourth-order valence-electron chi connectivity index (χ4n) is 1.49. The molecule has 2 rings (SSSR count). The van der Waals surface area contributed by atoms with E-state index in [9.17, 15) is 4.79 Å². The van der Waals surface area contributed by atoms with Gasteiger partial charge in [0.15, 0.2) is 0 Å². The number of amides is 1. The largest absolute Gasteiger partial charge is 0.366 e. The molecule has 0 aliphatic heterocycles. The summed E-state index contributed by atoms with van der Waals surface area (Å²) in [5.41, 5.74) is 5.80. The van der Waals surface area contributed by atoms with Crippen molar-refractivity contribution < 1.29 is 4.79 Å². The van der Waals surface area contributed by atoms with Crippen LogP contribution in [0.15, 0.2) is 29.0 Å². The molecule has 0 aromatic carbocycles. The lowest BCUT2D eigenvalue weighted by Gasteiger charge is -2.10. The monoisotopic (exact) mass is 266 g/mol. The summed E-state index contributed by atoms with van der Waals surface area (Å²) in [6.07, 6.45) is 0. The molecule has 0 saturated carbocycles. The van der Waals surface area contributed by atoms with E-state index in [1.54, 1.807) is 28.1 Å². The Kier molecular flexibility index (Phi) is 3.93. The minimum absolute atomic E-state index is 0.328. The normalized spacial score (nSPS) is 12.5. The summed E-state index contributed by atoms with van der Waals surface area (Å²) in [5.74, 6) is -0.362. The van der Waals surface area contributed by atoms with Crippen molar-refractivity contribution in [2.24, 2.45) is 5.73 Å². The molecule has 0 saturated heterocycles. The van der Waals surface area contributed by atoms with Crippen LogP contribution >= 0.6 is 22.7 Å². The average Bonchev–Trinajstić information content (AvgIpc) is 2.97. The van der Waals surface area contributed by atoms with Crippen LogP contribution in [0.2, 0.25) is 0 Å². The number of carbonyl (C=O) groups is 1. The van der Waals surface area contributed by atoms with Crippen molar-refractivity contribution in [3.63, 3.8) is 0 Å². The maximum Gasteiger partial charge on any atom is 0.249 e. The second kappa shape index (κ2) is 5.44. The van der Waals surface area contributed by atoms with Crippen molar-refractivity contribution >= 4 is 28.6 Å². The van der Waals surface area contributed by atoms with Gasteiger partial charge in [0.1, 0.15) is 0 Å². The number of nitrogens with one attached hydrogen (secondary N) is 1. The minimum Gasteiger partial charge on any atom is -0.366 e. The third-order valence-electron chi connectivity index (χ3n) is 2.49. The molecular formula is C12H14N2OS2. The number of hydrogen-bond acceptors (Lipinski definition) is 4. The fraction of sp³-hybridized carbons (Fsp3) is 0.250. The summed E-state index contributed by atoms with van der Waals surface area (Å²) in [7, 11) is 0. The minimum atomic E-state index is -0.362. The number of thiophene rings is 2. The summed E-state index contributed by atoms with van der Waals surface area (Å²) >= 11 is 3.30. The molecule has 2 heterocycles. The van der Waals surface area contributed by atoms with E-state index in [1.807, 2.05) is 6.07 Å². The maximum atomic E-state index is 10.9. The van der Waals surface area contributed by atoms with E-state index in [0.717, 1.165) is 11.4 Å². The van der Waals surface area contributed by atoms with Crippen molar-refractivity contribution in [1.29, 1.82) is 0 Å². The molecule has 0 radical (unpaired) electrons. The van der Waals surface area contributed by atoms with Crippen molar-refractivity contribution in [1.82, 2.24) is 5.32 Å². The smallest absolute Gasteiger partial charge is 0.249 e. The van der Waals surface area contributed by atoms with Crippen LogP contribution in [0.5, 0.6) is 0 Å². The highest BCUT2D eigenvalue weighted by Gasteiger charge is 2.08. The number of nitrogens with two attached hydrogens (primary N) is 1. The quantitative estimate of drug-likeness (QED) is 0.874. The Labute approximate surface area is 108 Å². The van der Waals surface area contributed by atoms with Crippen LogP contribution in [0.25, 0.3) is 0 Å². The van der Waals surface area contributed by atoms with Crippen LogP contribution in [0, 0.1) is 0 Å². The Morgan fingerprint density at radius 1 is 1.53 bits per heavy atom. The van der Waals surface area contributed by atoms with Crippen molar-refractivity contribution in [3.05, 3.63) is 44.3 Å². The third kappa shape index (κ3) is 3.15. The van der Waals surface area contributed by atoms with Gasteiger partial charge in [0.05, 0.1) is 5.56 Å². The molecule has 0 aliphatic rings. The molecule has 1 amide bonds. The van der Waals surface area contributed by atoms with Gasteiger partial charge in [-0.15, -0.1) is 22.7 Å². The molecule has 5 heteroatoms. The van der Waals surface area contributed by atoms with Crippen LogP contribution < -0.4 is 11.1 Å². The first-order valence-corrected chi connectivity index (χ1v) is 7.06. The van der Waals surface area contributed by atoms with Gasteiger partial charge in [0.2, 0.25) is 5.91 Å². The Morgan fingerprint density at radius 3 is 2.94 bits per heavy atom. The van der Waals surface area contributed by atoms with Crippen molar-refractivity contribution in [2.45, 2.75) is 19.5 Å².